The molecular weight excluding hydrogens is 577 g/mol. The summed E-state index contributed by atoms with van der Waals surface area (Å²) >= 11 is 0. The third-order valence-electron chi connectivity index (χ3n) is 7.62. The number of hydrogen-bond donors (Lipinski definition) is 1. The van der Waals surface area contributed by atoms with Gasteiger partial charge in [0.1, 0.15) is 18.4 Å². The second kappa shape index (κ2) is 14.3. The van der Waals surface area contributed by atoms with Crippen molar-refractivity contribution in [2.45, 2.75) is 51.6 Å². The maximum absolute atomic E-state index is 14.4. The van der Waals surface area contributed by atoms with Crippen molar-refractivity contribution in [3.05, 3.63) is 131 Å². The fourth-order valence-corrected chi connectivity index (χ4v) is 6.46. The van der Waals surface area contributed by atoms with Gasteiger partial charge in [0, 0.05) is 19.5 Å². The Bertz CT molecular complexity index is 1690. The third-order valence-corrected chi connectivity index (χ3v) is 9.39. The smallest absolute Gasteiger partial charge is 0.264 e. The largest absolute Gasteiger partial charge is 0.355 e. The number of likely N-dealkylation sites (N-methyl/N-ethyl adjacent to an activating group) is 1. The molecule has 2 amide bonds. The van der Waals surface area contributed by atoms with Gasteiger partial charge in [-0.1, -0.05) is 72.3 Å². The van der Waals surface area contributed by atoms with Crippen LogP contribution < -0.4 is 9.62 Å². The zero-order valence-corrected chi connectivity index (χ0v) is 26.3. The number of halogens is 1. The molecule has 9 heteroatoms. The molecule has 0 radical (unpaired) electrons. The Kier molecular flexibility index (Phi) is 10.5. The van der Waals surface area contributed by atoms with Crippen molar-refractivity contribution in [2.75, 3.05) is 17.4 Å². The number of anilines is 1. The summed E-state index contributed by atoms with van der Waals surface area (Å²) in [4.78, 5) is 29.4. The van der Waals surface area contributed by atoms with Crippen molar-refractivity contribution in [2.24, 2.45) is 0 Å². The normalized spacial score (nSPS) is 11.9. The molecule has 0 fully saturated rings. The number of aryl methyl sites for hydroxylation is 2. The fourth-order valence-electron chi connectivity index (χ4n) is 4.99. The lowest BCUT2D eigenvalue weighted by Crippen LogP contribution is -2.53. The first-order valence-electron chi connectivity index (χ1n) is 14.5. The molecule has 0 aromatic heterocycles. The first kappa shape index (κ1) is 32.4. The highest BCUT2D eigenvalue weighted by atomic mass is 32.2. The molecule has 0 saturated heterocycles. The van der Waals surface area contributed by atoms with Gasteiger partial charge in [0.25, 0.3) is 10.0 Å². The van der Waals surface area contributed by atoms with Gasteiger partial charge in [-0.3, -0.25) is 13.9 Å². The summed E-state index contributed by atoms with van der Waals surface area (Å²) in [6.45, 7) is 7.12. The zero-order valence-electron chi connectivity index (χ0n) is 25.5. The molecule has 4 rings (SSSR count). The summed E-state index contributed by atoms with van der Waals surface area (Å²) in [6, 6.07) is 25.8. The van der Waals surface area contributed by atoms with E-state index in [4.69, 9.17) is 0 Å². The van der Waals surface area contributed by atoms with Gasteiger partial charge in [0.15, 0.2) is 0 Å². The first-order valence-corrected chi connectivity index (χ1v) is 16.0. The Labute approximate surface area is 259 Å². The van der Waals surface area contributed by atoms with Gasteiger partial charge in [-0.2, -0.15) is 0 Å². The van der Waals surface area contributed by atoms with Gasteiger partial charge < -0.3 is 10.2 Å². The summed E-state index contributed by atoms with van der Waals surface area (Å²) < 4.78 is 43.3. The number of sulfonamides is 1. The number of amides is 2. The van der Waals surface area contributed by atoms with E-state index in [-0.39, 0.29) is 23.8 Å². The zero-order chi connectivity index (χ0) is 31.9. The van der Waals surface area contributed by atoms with Crippen LogP contribution in [0.25, 0.3) is 0 Å². The highest BCUT2D eigenvalue weighted by molar-refractivity contribution is 7.92. The molecule has 7 nitrogen and oxygen atoms in total. The minimum absolute atomic E-state index is 0.0288. The quantitative estimate of drug-likeness (QED) is 0.221. The van der Waals surface area contributed by atoms with Crippen LogP contribution in [0, 0.1) is 26.6 Å². The van der Waals surface area contributed by atoms with Crippen molar-refractivity contribution in [1.29, 1.82) is 0 Å². The van der Waals surface area contributed by atoms with Crippen LogP contribution in [0.3, 0.4) is 0 Å². The number of hydrogen-bond acceptors (Lipinski definition) is 4. The van der Waals surface area contributed by atoms with E-state index in [9.17, 15) is 22.4 Å². The molecule has 0 aliphatic rings. The lowest BCUT2D eigenvalue weighted by Gasteiger charge is -2.34. The standard InChI is InChI=1S/C35H38FN3O4S/c1-5-37-35(41)33(22-28-11-7-6-8-12-28)38(23-29-16-18-30(36)19-17-29)34(40)24-39(32-13-9-10-26(3)27(32)4)44(42,43)31-20-14-25(2)15-21-31/h6-21,33H,5,22-24H2,1-4H3,(H,37,41)/t33-/m0/s1. The number of nitrogens with zero attached hydrogens (tertiary/aromatic N) is 2. The molecule has 1 N–H and O–H groups in total. The lowest BCUT2D eigenvalue weighted by molar-refractivity contribution is -0.140. The molecule has 0 aliphatic carbocycles. The SMILES string of the molecule is CCNC(=O)[C@H](Cc1ccccc1)N(Cc1ccc(F)cc1)C(=O)CN(c1cccc(C)c1C)S(=O)(=O)c1ccc(C)cc1. The number of carbonyl (C=O) groups excluding carboxylic acids is 2. The summed E-state index contributed by atoms with van der Waals surface area (Å²) in [6.07, 6.45) is 0.202. The predicted octanol–water partition coefficient (Wildman–Crippen LogP) is 5.72. The Morgan fingerprint density at radius 2 is 1.48 bits per heavy atom. The molecule has 230 valence electrons. The highest BCUT2D eigenvalue weighted by Crippen LogP contribution is 2.29. The first-order chi connectivity index (χ1) is 21.0. The molecule has 44 heavy (non-hydrogen) atoms. The summed E-state index contributed by atoms with van der Waals surface area (Å²) in [7, 11) is -4.20. The Morgan fingerprint density at radius 1 is 0.818 bits per heavy atom. The van der Waals surface area contributed by atoms with Crippen molar-refractivity contribution < 1.29 is 22.4 Å². The predicted molar refractivity (Wildman–Crippen MR) is 171 cm³/mol. The van der Waals surface area contributed by atoms with Gasteiger partial charge in [0.2, 0.25) is 11.8 Å². The number of benzene rings is 4. The maximum atomic E-state index is 14.4. The molecule has 0 bridgehead atoms. The van der Waals surface area contributed by atoms with Crippen LogP contribution >= 0.6 is 0 Å². The van der Waals surface area contributed by atoms with E-state index in [1.807, 2.05) is 57.2 Å². The molecule has 0 heterocycles. The van der Waals surface area contributed by atoms with Crippen LogP contribution in [0.2, 0.25) is 0 Å². The van der Waals surface area contributed by atoms with Gasteiger partial charge in [-0.25, -0.2) is 12.8 Å². The van der Waals surface area contributed by atoms with Crippen LogP contribution in [-0.2, 0) is 32.6 Å². The van der Waals surface area contributed by atoms with Gasteiger partial charge >= 0.3 is 0 Å². The summed E-state index contributed by atoms with van der Waals surface area (Å²) in [5.74, 6) is -1.37. The van der Waals surface area contributed by atoms with E-state index in [2.05, 4.69) is 5.32 Å². The Morgan fingerprint density at radius 3 is 2.11 bits per heavy atom. The molecule has 0 saturated carbocycles. The van der Waals surface area contributed by atoms with Crippen molar-refractivity contribution in [3.63, 3.8) is 0 Å². The van der Waals surface area contributed by atoms with Crippen LogP contribution in [-0.4, -0.2) is 44.3 Å². The van der Waals surface area contributed by atoms with Gasteiger partial charge in [0.05, 0.1) is 10.6 Å². The second-order valence-corrected chi connectivity index (χ2v) is 12.7. The second-order valence-electron chi connectivity index (χ2n) is 10.8. The Hall–Kier alpha value is -4.50. The molecule has 4 aromatic carbocycles. The van der Waals surface area contributed by atoms with Crippen LogP contribution in [0.5, 0.6) is 0 Å². The number of nitrogens with one attached hydrogen (secondary N) is 1. The van der Waals surface area contributed by atoms with E-state index >= 15 is 0 Å². The molecule has 1 atom stereocenters. The average Bonchev–Trinajstić information content (AvgIpc) is 3.01. The fraction of sp³-hybridized carbons (Fsp3) is 0.257. The van der Waals surface area contributed by atoms with E-state index < -0.39 is 34.3 Å². The number of carbonyl (C=O) groups is 2. The molecule has 0 spiro atoms. The Balaban J connectivity index is 1.82. The monoisotopic (exact) mass is 615 g/mol. The van der Waals surface area contributed by atoms with E-state index in [1.165, 1.54) is 29.2 Å². The highest BCUT2D eigenvalue weighted by Gasteiger charge is 2.35. The van der Waals surface area contributed by atoms with Crippen molar-refractivity contribution in [1.82, 2.24) is 10.2 Å². The van der Waals surface area contributed by atoms with Gasteiger partial charge in [-0.15, -0.1) is 0 Å². The van der Waals surface area contributed by atoms with E-state index in [0.717, 1.165) is 21.0 Å². The van der Waals surface area contributed by atoms with Crippen LogP contribution in [0.4, 0.5) is 10.1 Å². The van der Waals surface area contributed by atoms with Crippen LogP contribution in [0.15, 0.2) is 102 Å². The van der Waals surface area contributed by atoms with E-state index in [0.29, 0.717) is 23.4 Å². The van der Waals surface area contributed by atoms with Crippen LogP contribution in [0.1, 0.15) is 34.7 Å². The minimum Gasteiger partial charge on any atom is -0.355 e. The molecule has 0 aliphatic heterocycles. The topological polar surface area (TPSA) is 86.8 Å². The van der Waals surface area contributed by atoms with E-state index in [1.54, 1.807) is 43.3 Å². The average molecular weight is 616 g/mol. The minimum atomic E-state index is -4.20. The maximum Gasteiger partial charge on any atom is 0.264 e. The molecule has 4 aromatic rings. The summed E-state index contributed by atoms with van der Waals surface area (Å²) in [5.41, 5.74) is 4.28. The third kappa shape index (κ3) is 7.71. The van der Waals surface area contributed by atoms with Crippen molar-refractivity contribution >= 4 is 27.5 Å². The molecular formula is C35H38FN3O4S. The van der Waals surface area contributed by atoms with Gasteiger partial charge in [-0.05, 0) is 80.3 Å². The summed E-state index contributed by atoms with van der Waals surface area (Å²) in [5, 5.41) is 2.83. The lowest BCUT2D eigenvalue weighted by atomic mass is 10.0. The number of rotatable bonds is 12. The van der Waals surface area contributed by atoms with Crippen molar-refractivity contribution in [3.8, 4) is 0 Å². The molecule has 0 unspecified atom stereocenters.